The molecular weight excluding hydrogens is 285 g/mol. The van der Waals surface area contributed by atoms with Gasteiger partial charge in [0.2, 0.25) is 0 Å². The first-order valence-corrected chi connectivity index (χ1v) is 8.50. The summed E-state index contributed by atoms with van der Waals surface area (Å²) in [5, 5.41) is 4.15. The summed E-state index contributed by atoms with van der Waals surface area (Å²) < 4.78 is 13.2. The third-order valence-electron chi connectivity index (χ3n) is 4.69. The Bertz CT molecular complexity index is 461. The highest BCUT2D eigenvalue weighted by Crippen LogP contribution is 2.36. The Labute approximate surface area is 133 Å². The molecule has 118 valence electrons. The minimum Gasteiger partial charge on any atom is -0.314 e. The van der Waals surface area contributed by atoms with Gasteiger partial charge in [0.1, 0.15) is 5.82 Å². The first kappa shape index (κ1) is 16.8. The van der Waals surface area contributed by atoms with E-state index in [1.807, 2.05) is 6.07 Å². The van der Waals surface area contributed by atoms with Gasteiger partial charge in [-0.05, 0) is 61.3 Å². The van der Waals surface area contributed by atoms with E-state index < -0.39 is 0 Å². The predicted octanol–water partition coefficient (Wildman–Crippen LogP) is 5.07. The van der Waals surface area contributed by atoms with Crippen LogP contribution in [0.4, 0.5) is 4.39 Å². The van der Waals surface area contributed by atoms with Gasteiger partial charge in [-0.1, -0.05) is 44.9 Å². The topological polar surface area (TPSA) is 12.0 Å². The van der Waals surface area contributed by atoms with Crippen LogP contribution in [0.25, 0.3) is 0 Å². The summed E-state index contributed by atoms with van der Waals surface area (Å²) in [6.07, 6.45) is 4.81. The van der Waals surface area contributed by atoms with Crippen LogP contribution in [-0.2, 0) is 6.42 Å². The van der Waals surface area contributed by atoms with Gasteiger partial charge in [-0.3, -0.25) is 0 Å². The van der Waals surface area contributed by atoms with Crippen LogP contribution in [0.1, 0.15) is 45.6 Å². The van der Waals surface area contributed by atoms with Gasteiger partial charge in [-0.15, -0.1) is 0 Å². The van der Waals surface area contributed by atoms with Crippen LogP contribution in [0.2, 0.25) is 5.02 Å². The molecule has 1 N–H and O–H groups in total. The lowest BCUT2D eigenvalue weighted by Gasteiger charge is -2.36. The maximum atomic E-state index is 13.2. The van der Waals surface area contributed by atoms with E-state index in [-0.39, 0.29) is 5.82 Å². The summed E-state index contributed by atoms with van der Waals surface area (Å²) in [6.45, 7) is 7.80. The van der Waals surface area contributed by atoms with Crippen molar-refractivity contribution in [1.29, 1.82) is 0 Å². The fourth-order valence-corrected chi connectivity index (χ4v) is 3.68. The third kappa shape index (κ3) is 4.96. The summed E-state index contributed by atoms with van der Waals surface area (Å²) in [5.41, 5.74) is 1.09. The highest BCUT2D eigenvalue weighted by atomic mass is 35.5. The standard InChI is InChI=1S/C18H27ClFN/c1-12(2)21-11-15-5-4-13(3)8-16(15)9-14-6-7-17(20)10-18(14)19/h6-7,10,12-13,15-16,21H,4-5,8-9,11H2,1-3H3. The van der Waals surface area contributed by atoms with E-state index in [0.29, 0.717) is 22.9 Å². The summed E-state index contributed by atoms with van der Waals surface area (Å²) >= 11 is 6.20. The molecule has 0 aliphatic heterocycles. The molecule has 1 aliphatic carbocycles. The van der Waals surface area contributed by atoms with Gasteiger partial charge < -0.3 is 5.32 Å². The van der Waals surface area contributed by atoms with Gasteiger partial charge in [0.25, 0.3) is 0 Å². The number of benzene rings is 1. The second kappa shape index (κ2) is 7.60. The molecule has 0 saturated heterocycles. The van der Waals surface area contributed by atoms with Gasteiger partial charge in [-0.25, -0.2) is 4.39 Å². The second-order valence-electron chi connectivity index (χ2n) is 6.94. The molecule has 1 aromatic carbocycles. The lowest BCUT2D eigenvalue weighted by Crippen LogP contribution is -2.36. The average Bonchev–Trinajstić information content (AvgIpc) is 2.41. The van der Waals surface area contributed by atoms with Gasteiger partial charge in [0, 0.05) is 11.1 Å². The molecule has 21 heavy (non-hydrogen) atoms. The van der Waals surface area contributed by atoms with Crippen LogP contribution in [-0.4, -0.2) is 12.6 Å². The molecule has 0 aromatic heterocycles. The smallest absolute Gasteiger partial charge is 0.124 e. The molecule has 0 amide bonds. The minimum atomic E-state index is -0.251. The highest BCUT2D eigenvalue weighted by molar-refractivity contribution is 6.31. The van der Waals surface area contributed by atoms with Crippen molar-refractivity contribution in [1.82, 2.24) is 5.32 Å². The Morgan fingerprint density at radius 3 is 2.71 bits per heavy atom. The zero-order valence-electron chi connectivity index (χ0n) is 13.3. The molecule has 0 bridgehead atoms. The van der Waals surface area contributed by atoms with Crippen LogP contribution >= 0.6 is 11.6 Å². The molecule has 2 rings (SSSR count). The number of hydrogen-bond donors (Lipinski definition) is 1. The molecule has 1 saturated carbocycles. The van der Waals surface area contributed by atoms with Crippen molar-refractivity contribution in [2.24, 2.45) is 17.8 Å². The molecule has 1 nitrogen and oxygen atoms in total. The van der Waals surface area contributed by atoms with E-state index in [0.717, 1.165) is 24.4 Å². The van der Waals surface area contributed by atoms with Crippen LogP contribution < -0.4 is 5.32 Å². The normalized spacial score (nSPS) is 26.3. The molecule has 0 radical (unpaired) electrons. The third-order valence-corrected chi connectivity index (χ3v) is 5.04. The Kier molecular flexibility index (Phi) is 6.07. The molecule has 3 heteroatoms. The Morgan fingerprint density at radius 1 is 1.29 bits per heavy atom. The Morgan fingerprint density at radius 2 is 2.05 bits per heavy atom. The number of hydrogen-bond acceptors (Lipinski definition) is 1. The predicted molar refractivity (Wildman–Crippen MR) is 88.2 cm³/mol. The van der Waals surface area contributed by atoms with E-state index in [2.05, 4.69) is 26.1 Å². The van der Waals surface area contributed by atoms with Crippen molar-refractivity contribution in [3.05, 3.63) is 34.6 Å². The SMILES string of the molecule is CC1CCC(CNC(C)C)C(Cc2ccc(F)cc2Cl)C1. The number of halogens is 2. The lowest BCUT2D eigenvalue weighted by molar-refractivity contribution is 0.181. The number of rotatable bonds is 5. The summed E-state index contributed by atoms with van der Waals surface area (Å²) in [7, 11) is 0. The van der Waals surface area contributed by atoms with Gasteiger partial charge >= 0.3 is 0 Å². The van der Waals surface area contributed by atoms with Crippen molar-refractivity contribution in [2.75, 3.05) is 6.54 Å². The summed E-state index contributed by atoms with van der Waals surface area (Å²) in [6, 6.07) is 5.34. The quantitative estimate of drug-likeness (QED) is 0.800. The number of nitrogens with one attached hydrogen (secondary N) is 1. The Balaban J connectivity index is 2.05. The van der Waals surface area contributed by atoms with Crippen molar-refractivity contribution < 1.29 is 4.39 Å². The van der Waals surface area contributed by atoms with Crippen LogP contribution in [0.15, 0.2) is 18.2 Å². The van der Waals surface area contributed by atoms with Crippen molar-refractivity contribution in [3.8, 4) is 0 Å². The van der Waals surface area contributed by atoms with E-state index in [4.69, 9.17) is 11.6 Å². The lowest BCUT2D eigenvalue weighted by atomic mass is 9.72. The zero-order chi connectivity index (χ0) is 15.4. The van der Waals surface area contributed by atoms with Gasteiger partial charge in [-0.2, -0.15) is 0 Å². The van der Waals surface area contributed by atoms with Gasteiger partial charge in [0.05, 0.1) is 0 Å². The molecule has 1 aromatic rings. The molecule has 0 spiro atoms. The molecule has 1 aliphatic rings. The average molecular weight is 312 g/mol. The summed E-state index contributed by atoms with van der Waals surface area (Å²) in [5.74, 6) is 1.87. The van der Waals surface area contributed by atoms with Crippen LogP contribution in [0.3, 0.4) is 0 Å². The molecule has 3 unspecified atom stereocenters. The first-order chi connectivity index (χ1) is 9.95. The van der Waals surface area contributed by atoms with E-state index in [1.165, 1.54) is 31.4 Å². The molecule has 0 heterocycles. The summed E-state index contributed by atoms with van der Waals surface area (Å²) in [4.78, 5) is 0. The fraction of sp³-hybridized carbons (Fsp3) is 0.667. The van der Waals surface area contributed by atoms with Gasteiger partial charge in [0.15, 0.2) is 0 Å². The van der Waals surface area contributed by atoms with Crippen molar-refractivity contribution >= 4 is 11.6 Å². The maximum Gasteiger partial charge on any atom is 0.124 e. The van der Waals surface area contributed by atoms with Crippen LogP contribution in [0.5, 0.6) is 0 Å². The Hall–Kier alpha value is -0.600. The van der Waals surface area contributed by atoms with Crippen molar-refractivity contribution in [3.63, 3.8) is 0 Å². The van der Waals surface area contributed by atoms with E-state index in [9.17, 15) is 4.39 Å². The second-order valence-corrected chi connectivity index (χ2v) is 7.35. The van der Waals surface area contributed by atoms with Crippen molar-refractivity contribution in [2.45, 2.75) is 52.5 Å². The maximum absolute atomic E-state index is 13.2. The molecular formula is C18H27ClFN. The van der Waals surface area contributed by atoms with Crippen LogP contribution in [0, 0.1) is 23.6 Å². The monoisotopic (exact) mass is 311 g/mol. The molecule has 1 fully saturated rings. The largest absolute Gasteiger partial charge is 0.314 e. The minimum absolute atomic E-state index is 0.251. The fourth-order valence-electron chi connectivity index (χ4n) is 3.44. The van der Waals surface area contributed by atoms with E-state index in [1.54, 1.807) is 0 Å². The first-order valence-electron chi connectivity index (χ1n) is 8.13. The van der Waals surface area contributed by atoms with E-state index >= 15 is 0 Å². The zero-order valence-corrected chi connectivity index (χ0v) is 14.1. The molecule has 3 atom stereocenters. The highest BCUT2D eigenvalue weighted by Gasteiger charge is 2.29.